The number of benzene rings is 1. The molecule has 5 heteroatoms. The van der Waals surface area contributed by atoms with Gasteiger partial charge in [-0.15, -0.1) is 0 Å². The molecule has 4 nitrogen and oxygen atoms in total. The molecule has 0 aliphatic heterocycles. The highest BCUT2D eigenvalue weighted by molar-refractivity contribution is 6.30. The fourth-order valence-corrected chi connectivity index (χ4v) is 1.52. The number of carbonyl (C=O) groups is 1. The molecule has 2 amide bonds. The Bertz CT molecular complexity index is 358. The topological polar surface area (TPSA) is 50.4 Å². The number of methoxy groups -OCH3 is 1. The summed E-state index contributed by atoms with van der Waals surface area (Å²) in [6, 6.07) is 7.22. The van der Waals surface area contributed by atoms with Crippen LogP contribution in [0.4, 0.5) is 4.79 Å². The van der Waals surface area contributed by atoms with Gasteiger partial charge in [0.1, 0.15) is 0 Å². The smallest absolute Gasteiger partial charge is 0.315 e. The third-order valence-electron chi connectivity index (χ3n) is 2.15. The minimum atomic E-state index is -0.180. The largest absolute Gasteiger partial charge is 0.385 e. The van der Waals surface area contributed by atoms with Crippen LogP contribution in [0, 0.1) is 0 Å². The number of nitrogens with one attached hydrogen (secondary N) is 2. The molecule has 0 saturated heterocycles. The average molecular weight is 257 g/mol. The zero-order valence-electron chi connectivity index (χ0n) is 9.83. The summed E-state index contributed by atoms with van der Waals surface area (Å²) in [5.41, 5.74) is 0.976. The molecule has 1 aromatic carbocycles. The van der Waals surface area contributed by atoms with Crippen molar-refractivity contribution in [3.63, 3.8) is 0 Å². The maximum absolute atomic E-state index is 11.4. The summed E-state index contributed by atoms with van der Waals surface area (Å²) in [4.78, 5) is 11.4. The second-order valence-corrected chi connectivity index (χ2v) is 4.02. The SMILES string of the molecule is COCCCNC(=O)NCc1cccc(Cl)c1. The van der Waals surface area contributed by atoms with E-state index in [-0.39, 0.29) is 6.03 Å². The average Bonchev–Trinajstić information content (AvgIpc) is 2.32. The summed E-state index contributed by atoms with van der Waals surface area (Å²) in [6.07, 6.45) is 0.807. The Morgan fingerprint density at radius 3 is 2.94 bits per heavy atom. The number of amides is 2. The van der Waals surface area contributed by atoms with Crippen molar-refractivity contribution >= 4 is 17.6 Å². The van der Waals surface area contributed by atoms with Crippen LogP contribution in [0.2, 0.25) is 5.02 Å². The van der Waals surface area contributed by atoms with E-state index in [0.717, 1.165) is 12.0 Å². The molecular formula is C12H17ClN2O2. The number of rotatable bonds is 6. The quantitative estimate of drug-likeness (QED) is 0.767. The van der Waals surface area contributed by atoms with Crippen LogP contribution in [0.5, 0.6) is 0 Å². The van der Waals surface area contributed by atoms with E-state index in [9.17, 15) is 4.79 Å². The molecule has 0 saturated carbocycles. The second kappa shape index (κ2) is 7.92. The number of hydrogen-bond acceptors (Lipinski definition) is 2. The highest BCUT2D eigenvalue weighted by Gasteiger charge is 1.99. The summed E-state index contributed by atoms with van der Waals surface area (Å²) in [6.45, 7) is 1.72. The van der Waals surface area contributed by atoms with E-state index < -0.39 is 0 Å². The van der Waals surface area contributed by atoms with E-state index >= 15 is 0 Å². The van der Waals surface area contributed by atoms with Crippen LogP contribution in [0.3, 0.4) is 0 Å². The summed E-state index contributed by atoms with van der Waals surface area (Å²) in [5.74, 6) is 0. The van der Waals surface area contributed by atoms with Crippen molar-refractivity contribution in [1.29, 1.82) is 0 Å². The third kappa shape index (κ3) is 6.14. The summed E-state index contributed by atoms with van der Waals surface area (Å²) in [7, 11) is 1.64. The van der Waals surface area contributed by atoms with Gasteiger partial charge in [0.25, 0.3) is 0 Å². The lowest BCUT2D eigenvalue weighted by Gasteiger charge is -2.07. The molecule has 1 aromatic rings. The van der Waals surface area contributed by atoms with Crippen molar-refractivity contribution < 1.29 is 9.53 Å². The molecule has 0 aromatic heterocycles. The van der Waals surface area contributed by atoms with Gasteiger partial charge in [0.05, 0.1) is 0 Å². The summed E-state index contributed by atoms with van der Waals surface area (Å²) in [5, 5.41) is 6.16. The van der Waals surface area contributed by atoms with E-state index in [1.54, 1.807) is 13.2 Å². The van der Waals surface area contributed by atoms with E-state index in [0.29, 0.717) is 24.7 Å². The van der Waals surface area contributed by atoms with Crippen molar-refractivity contribution in [3.05, 3.63) is 34.9 Å². The van der Waals surface area contributed by atoms with Gasteiger partial charge < -0.3 is 15.4 Å². The number of urea groups is 1. The first-order chi connectivity index (χ1) is 8.22. The number of hydrogen-bond donors (Lipinski definition) is 2. The fraction of sp³-hybridized carbons (Fsp3) is 0.417. The predicted molar refractivity (Wildman–Crippen MR) is 68.2 cm³/mol. The Morgan fingerprint density at radius 2 is 2.24 bits per heavy atom. The Labute approximate surface area is 106 Å². The number of halogens is 1. The molecule has 1 rings (SSSR count). The third-order valence-corrected chi connectivity index (χ3v) is 2.39. The van der Waals surface area contributed by atoms with E-state index in [4.69, 9.17) is 16.3 Å². The molecule has 0 fully saturated rings. The van der Waals surface area contributed by atoms with Gasteiger partial charge in [0, 0.05) is 31.8 Å². The van der Waals surface area contributed by atoms with Gasteiger partial charge in [-0.1, -0.05) is 23.7 Å². The molecule has 0 bridgehead atoms. The molecule has 0 spiro atoms. The molecule has 0 aliphatic carbocycles. The van der Waals surface area contributed by atoms with Crippen molar-refractivity contribution in [2.24, 2.45) is 0 Å². The lowest BCUT2D eigenvalue weighted by Crippen LogP contribution is -2.35. The lowest BCUT2D eigenvalue weighted by molar-refractivity contribution is 0.193. The molecule has 17 heavy (non-hydrogen) atoms. The molecule has 0 heterocycles. The second-order valence-electron chi connectivity index (χ2n) is 3.59. The first-order valence-corrected chi connectivity index (χ1v) is 5.85. The lowest BCUT2D eigenvalue weighted by atomic mass is 10.2. The molecule has 2 N–H and O–H groups in total. The highest BCUT2D eigenvalue weighted by Crippen LogP contribution is 2.09. The number of ether oxygens (including phenoxy) is 1. The maximum atomic E-state index is 11.4. The number of carbonyl (C=O) groups excluding carboxylic acids is 1. The first kappa shape index (κ1) is 13.8. The van der Waals surface area contributed by atoms with Crippen molar-refractivity contribution in [3.8, 4) is 0 Å². The van der Waals surface area contributed by atoms with Gasteiger partial charge in [-0.25, -0.2) is 4.79 Å². The van der Waals surface area contributed by atoms with Crippen LogP contribution in [-0.4, -0.2) is 26.3 Å². The van der Waals surface area contributed by atoms with Crippen LogP contribution >= 0.6 is 11.6 Å². The minimum Gasteiger partial charge on any atom is -0.385 e. The molecular weight excluding hydrogens is 240 g/mol. The Kier molecular flexibility index (Phi) is 6.43. The van der Waals surface area contributed by atoms with Crippen molar-refractivity contribution in [1.82, 2.24) is 10.6 Å². The molecule has 94 valence electrons. The van der Waals surface area contributed by atoms with Gasteiger partial charge in [-0.3, -0.25) is 0 Å². The van der Waals surface area contributed by atoms with Gasteiger partial charge in [0.15, 0.2) is 0 Å². The summed E-state index contributed by atoms with van der Waals surface area (Å²) >= 11 is 5.84. The molecule has 0 unspecified atom stereocenters. The van der Waals surface area contributed by atoms with E-state index in [2.05, 4.69) is 10.6 Å². The van der Waals surface area contributed by atoms with Gasteiger partial charge in [0.2, 0.25) is 0 Å². The van der Waals surface area contributed by atoms with Gasteiger partial charge in [-0.05, 0) is 24.1 Å². The van der Waals surface area contributed by atoms with Crippen LogP contribution in [0.1, 0.15) is 12.0 Å². The van der Waals surface area contributed by atoms with Crippen LogP contribution in [0.15, 0.2) is 24.3 Å². The van der Waals surface area contributed by atoms with Crippen LogP contribution in [0.25, 0.3) is 0 Å². The zero-order valence-corrected chi connectivity index (χ0v) is 10.6. The zero-order chi connectivity index (χ0) is 12.5. The maximum Gasteiger partial charge on any atom is 0.315 e. The predicted octanol–water partition coefficient (Wildman–Crippen LogP) is 2.18. The first-order valence-electron chi connectivity index (χ1n) is 5.47. The van der Waals surface area contributed by atoms with Crippen molar-refractivity contribution in [2.75, 3.05) is 20.3 Å². The molecule has 0 aliphatic rings. The minimum absolute atomic E-state index is 0.180. The Morgan fingerprint density at radius 1 is 1.41 bits per heavy atom. The van der Waals surface area contributed by atoms with Gasteiger partial charge in [-0.2, -0.15) is 0 Å². The van der Waals surface area contributed by atoms with Crippen LogP contribution < -0.4 is 10.6 Å². The standard InChI is InChI=1S/C12H17ClN2O2/c1-17-7-3-6-14-12(16)15-9-10-4-2-5-11(13)8-10/h2,4-5,8H,3,6-7,9H2,1H3,(H2,14,15,16). The van der Waals surface area contributed by atoms with Crippen LogP contribution in [-0.2, 0) is 11.3 Å². The highest BCUT2D eigenvalue weighted by atomic mass is 35.5. The summed E-state index contributed by atoms with van der Waals surface area (Å²) < 4.78 is 4.88. The fourth-order valence-electron chi connectivity index (χ4n) is 1.31. The Hall–Kier alpha value is -1.26. The van der Waals surface area contributed by atoms with Crippen molar-refractivity contribution in [2.45, 2.75) is 13.0 Å². The Balaban J connectivity index is 2.19. The van der Waals surface area contributed by atoms with E-state index in [1.165, 1.54) is 0 Å². The van der Waals surface area contributed by atoms with Gasteiger partial charge >= 0.3 is 6.03 Å². The molecule has 0 atom stereocenters. The normalized spacial score (nSPS) is 10.0. The molecule has 0 radical (unpaired) electrons. The monoisotopic (exact) mass is 256 g/mol. The van der Waals surface area contributed by atoms with E-state index in [1.807, 2.05) is 18.2 Å².